The Balaban J connectivity index is -0.000000445. The van der Waals surface area contributed by atoms with Crippen molar-refractivity contribution in [1.29, 1.82) is 0 Å². The Morgan fingerprint density at radius 2 is 1.74 bits per heavy atom. The van der Waals surface area contributed by atoms with E-state index in [1.54, 1.807) is 18.2 Å². The van der Waals surface area contributed by atoms with Gasteiger partial charge in [0, 0.05) is 6.92 Å². The minimum atomic E-state index is -0.489. The van der Waals surface area contributed by atoms with Gasteiger partial charge in [-0.2, -0.15) is 0 Å². The summed E-state index contributed by atoms with van der Waals surface area (Å²) in [5.74, 6) is -0.218. The standard InChI is InChI=1S/C11H15NO2.C2H7N.C2H6/c1-4-6-10(5-2)7-11(8-13)12-9(3)14;1-3-2;1-2/h4-6,8,11H,1-2,7H2,3H3,(H,12,14);3H,1-2H3;1-2H3/b10-6+;;. The van der Waals surface area contributed by atoms with Gasteiger partial charge in [0.15, 0.2) is 0 Å². The Morgan fingerprint density at radius 3 is 2.00 bits per heavy atom. The second kappa shape index (κ2) is 18.7. The number of rotatable bonds is 6. The predicted molar refractivity (Wildman–Crippen MR) is 83.1 cm³/mol. The molecule has 0 aliphatic carbocycles. The molecule has 0 fully saturated rings. The summed E-state index contributed by atoms with van der Waals surface area (Å²) >= 11 is 0. The average molecular weight is 268 g/mol. The molecule has 2 N–H and O–H groups in total. The van der Waals surface area contributed by atoms with Gasteiger partial charge in [-0.25, -0.2) is 0 Å². The number of amides is 1. The number of carbonyl (C=O) groups excluding carboxylic acids is 2. The van der Waals surface area contributed by atoms with Crippen molar-refractivity contribution in [2.24, 2.45) is 0 Å². The minimum Gasteiger partial charge on any atom is -0.346 e. The number of hydrogen-bond acceptors (Lipinski definition) is 3. The maximum atomic E-state index is 10.7. The van der Waals surface area contributed by atoms with E-state index >= 15 is 0 Å². The molecule has 0 aromatic rings. The number of nitrogens with one attached hydrogen (secondary N) is 2. The lowest BCUT2D eigenvalue weighted by molar-refractivity contribution is -0.122. The van der Waals surface area contributed by atoms with Crippen molar-refractivity contribution >= 4 is 12.2 Å². The largest absolute Gasteiger partial charge is 0.346 e. The highest BCUT2D eigenvalue weighted by Gasteiger charge is 2.08. The molecule has 0 rings (SSSR count). The van der Waals surface area contributed by atoms with E-state index in [4.69, 9.17) is 0 Å². The lowest BCUT2D eigenvalue weighted by Crippen LogP contribution is -2.34. The number of hydrogen-bond donors (Lipinski definition) is 2. The van der Waals surface area contributed by atoms with Crippen LogP contribution in [-0.4, -0.2) is 32.3 Å². The Labute approximate surface area is 117 Å². The second-order valence-electron chi connectivity index (χ2n) is 3.33. The van der Waals surface area contributed by atoms with Gasteiger partial charge in [0.25, 0.3) is 0 Å². The molecule has 0 aromatic heterocycles. The molecule has 0 saturated carbocycles. The van der Waals surface area contributed by atoms with Crippen molar-refractivity contribution in [1.82, 2.24) is 10.6 Å². The van der Waals surface area contributed by atoms with E-state index in [0.717, 1.165) is 5.57 Å². The van der Waals surface area contributed by atoms with Gasteiger partial charge in [0.1, 0.15) is 6.29 Å². The van der Waals surface area contributed by atoms with Gasteiger partial charge in [-0.3, -0.25) is 4.79 Å². The highest BCUT2D eigenvalue weighted by molar-refractivity contribution is 5.77. The Hall–Kier alpha value is -1.68. The van der Waals surface area contributed by atoms with Gasteiger partial charge in [-0.15, -0.1) is 0 Å². The SMILES string of the molecule is C=C/C=C(\C=C)CC(C=O)NC(C)=O.CC.CNC. The molecule has 1 amide bonds. The average Bonchev–Trinajstić information content (AvgIpc) is 2.40. The first kappa shape index (κ1) is 22.5. The van der Waals surface area contributed by atoms with E-state index in [9.17, 15) is 9.59 Å². The fourth-order valence-corrected chi connectivity index (χ4v) is 1.02. The van der Waals surface area contributed by atoms with Crippen LogP contribution in [0.4, 0.5) is 0 Å². The molecule has 0 bridgehead atoms. The van der Waals surface area contributed by atoms with Crippen LogP contribution in [0.2, 0.25) is 0 Å². The van der Waals surface area contributed by atoms with E-state index in [-0.39, 0.29) is 5.91 Å². The molecule has 4 heteroatoms. The fraction of sp³-hybridized carbons (Fsp3) is 0.467. The lowest BCUT2D eigenvalue weighted by atomic mass is 10.1. The molecule has 0 heterocycles. The molecule has 1 atom stereocenters. The van der Waals surface area contributed by atoms with Crippen molar-refractivity contribution in [3.8, 4) is 0 Å². The van der Waals surface area contributed by atoms with Crippen LogP contribution in [-0.2, 0) is 9.59 Å². The quantitative estimate of drug-likeness (QED) is 0.574. The summed E-state index contributed by atoms with van der Waals surface area (Å²) in [5, 5.41) is 5.27. The van der Waals surface area contributed by atoms with E-state index < -0.39 is 6.04 Å². The molecule has 0 saturated heterocycles. The van der Waals surface area contributed by atoms with E-state index in [1.807, 2.05) is 27.9 Å². The zero-order valence-corrected chi connectivity index (χ0v) is 12.8. The molecule has 0 radical (unpaired) electrons. The van der Waals surface area contributed by atoms with Crippen LogP contribution in [0.5, 0.6) is 0 Å². The van der Waals surface area contributed by atoms with Gasteiger partial charge in [0.2, 0.25) is 5.91 Å². The summed E-state index contributed by atoms with van der Waals surface area (Å²) in [5.41, 5.74) is 0.867. The van der Waals surface area contributed by atoms with Gasteiger partial charge >= 0.3 is 0 Å². The van der Waals surface area contributed by atoms with Crippen LogP contribution in [0.3, 0.4) is 0 Å². The third kappa shape index (κ3) is 18.9. The molecule has 19 heavy (non-hydrogen) atoms. The third-order valence-corrected chi connectivity index (χ3v) is 1.60. The topological polar surface area (TPSA) is 58.2 Å². The molecule has 1 unspecified atom stereocenters. The molecule has 110 valence electrons. The molecular formula is C15H28N2O2. The third-order valence-electron chi connectivity index (χ3n) is 1.60. The van der Waals surface area contributed by atoms with Gasteiger partial charge < -0.3 is 15.4 Å². The summed E-state index contributed by atoms with van der Waals surface area (Å²) in [6, 6.07) is -0.489. The molecule has 0 spiro atoms. The van der Waals surface area contributed by atoms with Crippen LogP contribution >= 0.6 is 0 Å². The number of carbonyl (C=O) groups is 2. The summed E-state index contributed by atoms with van der Waals surface area (Å²) in [6.07, 6.45) is 6.17. The monoisotopic (exact) mass is 268 g/mol. The number of allylic oxidation sites excluding steroid dienone is 3. The maximum Gasteiger partial charge on any atom is 0.217 e. The molecule has 0 aromatic carbocycles. The van der Waals surface area contributed by atoms with Gasteiger partial charge in [-0.05, 0) is 26.1 Å². The Kier molecular flexibility index (Phi) is 22.1. The van der Waals surface area contributed by atoms with E-state index in [1.165, 1.54) is 6.92 Å². The zero-order chi connectivity index (χ0) is 15.7. The highest BCUT2D eigenvalue weighted by atomic mass is 16.2. The van der Waals surface area contributed by atoms with E-state index in [2.05, 4.69) is 23.8 Å². The van der Waals surface area contributed by atoms with Crippen LogP contribution in [0.15, 0.2) is 37.0 Å². The normalized spacial score (nSPS) is 10.7. The van der Waals surface area contributed by atoms with Crippen molar-refractivity contribution in [2.45, 2.75) is 33.2 Å². The first-order chi connectivity index (χ1) is 9.05. The highest BCUT2D eigenvalue weighted by Crippen LogP contribution is 2.05. The Morgan fingerprint density at radius 1 is 1.26 bits per heavy atom. The lowest BCUT2D eigenvalue weighted by Gasteiger charge is -2.11. The summed E-state index contributed by atoms with van der Waals surface area (Å²) in [6.45, 7) is 12.5. The van der Waals surface area contributed by atoms with Crippen LogP contribution in [0.25, 0.3) is 0 Å². The summed E-state index contributed by atoms with van der Waals surface area (Å²) in [4.78, 5) is 21.3. The summed E-state index contributed by atoms with van der Waals surface area (Å²) < 4.78 is 0. The van der Waals surface area contributed by atoms with Crippen molar-refractivity contribution in [3.05, 3.63) is 37.0 Å². The second-order valence-corrected chi connectivity index (χ2v) is 3.33. The van der Waals surface area contributed by atoms with Gasteiger partial charge in [0.05, 0.1) is 6.04 Å². The molecule has 0 aliphatic heterocycles. The van der Waals surface area contributed by atoms with Crippen molar-refractivity contribution in [2.75, 3.05) is 14.1 Å². The van der Waals surface area contributed by atoms with Crippen molar-refractivity contribution < 1.29 is 9.59 Å². The molecule has 0 aliphatic rings. The Bertz CT molecular complexity index is 284. The fourth-order valence-electron chi connectivity index (χ4n) is 1.02. The summed E-state index contributed by atoms with van der Waals surface area (Å²) in [7, 11) is 3.75. The maximum absolute atomic E-state index is 10.7. The first-order valence-electron chi connectivity index (χ1n) is 6.30. The van der Waals surface area contributed by atoms with Crippen LogP contribution in [0, 0.1) is 0 Å². The van der Waals surface area contributed by atoms with Gasteiger partial charge in [-0.1, -0.05) is 45.2 Å². The zero-order valence-electron chi connectivity index (χ0n) is 12.8. The van der Waals surface area contributed by atoms with Crippen LogP contribution < -0.4 is 10.6 Å². The van der Waals surface area contributed by atoms with E-state index in [0.29, 0.717) is 12.7 Å². The molecule has 4 nitrogen and oxygen atoms in total. The molecular weight excluding hydrogens is 240 g/mol. The number of aldehydes is 1. The van der Waals surface area contributed by atoms with Crippen molar-refractivity contribution in [3.63, 3.8) is 0 Å². The smallest absolute Gasteiger partial charge is 0.217 e. The predicted octanol–water partition coefficient (Wildman–Crippen LogP) is 2.24. The first-order valence-corrected chi connectivity index (χ1v) is 6.30. The van der Waals surface area contributed by atoms with Crippen LogP contribution in [0.1, 0.15) is 27.2 Å². The minimum absolute atomic E-state index is 0.218.